The molecule has 2 fully saturated rings. The van der Waals surface area contributed by atoms with E-state index in [1.807, 2.05) is 0 Å². The number of carboxylic acid groups (broad SMARTS) is 1. The Morgan fingerprint density at radius 3 is 2.50 bits per heavy atom. The Hall–Kier alpha value is -0.530. The van der Waals surface area contributed by atoms with Crippen LogP contribution in [0.1, 0.15) is 44.9 Å². The minimum Gasteiger partial charge on any atom is -0.481 e. The zero-order valence-electron chi connectivity index (χ0n) is 7.38. The lowest BCUT2D eigenvalue weighted by atomic mass is 9.62. The molecule has 2 heteroatoms. The summed E-state index contributed by atoms with van der Waals surface area (Å²) >= 11 is 0. The smallest absolute Gasteiger partial charge is 0.303 e. The van der Waals surface area contributed by atoms with Crippen molar-refractivity contribution in [2.45, 2.75) is 44.9 Å². The van der Waals surface area contributed by atoms with Crippen LogP contribution in [0.5, 0.6) is 0 Å². The molecule has 0 amide bonds. The Balaban J connectivity index is 1.99. The molecule has 1 spiro atoms. The first-order valence-corrected chi connectivity index (χ1v) is 4.95. The molecule has 0 saturated heterocycles. The summed E-state index contributed by atoms with van der Waals surface area (Å²) < 4.78 is 0. The Kier molecular flexibility index (Phi) is 1.85. The standard InChI is InChI=1S/C10H16O2/c11-9(12)7-8-3-1-4-10(8)5-2-6-10/h8H,1-7H2,(H,11,12). The van der Waals surface area contributed by atoms with Crippen LogP contribution in [0, 0.1) is 11.3 Å². The summed E-state index contributed by atoms with van der Waals surface area (Å²) in [4.78, 5) is 10.6. The largest absolute Gasteiger partial charge is 0.481 e. The first-order valence-electron chi connectivity index (χ1n) is 4.95. The molecule has 0 aliphatic heterocycles. The molecule has 1 unspecified atom stereocenters. The van der Waals surface area contributed by atoms with Gasteiger partial charge in [0.15, 0.2) is 0 Å². The Bertz CT molecular complexity index is 194. The number of hydrogen-bond donors (Lipinski definition) is 1. The van der Waals surface area contributed by atoms with Gasteiger partial charge in [0.25, 0.3) is 0 Å². The number of carbonyl (C=O) groups is 1. The number of rotatable bonds is 2. The van der Waals surface area contributed by atoms with Gasteiger partial charge in [0.2, 0.25) is 0 Å². The second-order valence-corrected chi connectivity index (χ2v) is 4.40. The molecule has 0 aromatic carbocycles. The van der Waals surface area contributed by atoms with Crippen molar-refractivity contribution in [1.29, 1.82) is 0 Å². The summed E-state index contributed by atoms with van der Waals surface area (Å²) in [6.07, 6.45) is 8.06. The second-order valence-electron chi connectivity index (χ2n) is 4.40. The molecule has 2 aliphatic rings. The molecule has 0 heterocycles. The van der Waals surface area contributed by atoms with Crippen molar-refractivity contribution in [2.75, 3.05) is 0 Å². The predicted octanol–water partition coefficient (Wildman–Crippen LogP) is 2.43. The van der Waals surface area contributed by atoms with Crippen LogP contribution in [0.2, 0.25) is 0 Å². The maximum Gasteiger partial charge on any atom is 0.303 e. The van der Waals surface area contributed by atoms with Gasteiger partial charge in [0, 0.05) is 6.42 Å². The molecule has 2 aliphatic carbocycles. The van der Waals surface area contributed by atoms with Gasteiger partial charge in [-0.1, -0.05) is 12.8 Å². The van der Waals surface area contributed by atoms with Crippen molar-refractivity contribution in [2.24, 2.45) is 11.3 Å². The van der Waals surface area contributed by atoms with E-state index in [1.165, 1.54) is 32.1 Å². The highest BCUT2D eigenvalue weighted by atomic mass is 16.4. The van der Waals surface area contributed by atoms with E-state index in [0.29, 0.717) is 17.8 Å². The molecular weight excluding hydrogens is 152 g/mol. The van der Waals surface area contributed by atoms with E-state index in [0.717, 1.165) is 6.42 Å². The fraction of sp³-hybridized carbons (Fsp3) is 0.900. The molecular formula is C10H16O2. The summed E-state index contributed by atoms with van der Waals surface area (Å²) in [6.45, 7) is 0. The number of carboxylic acids is 1. The molecule has 0 aromatic heterocycles. The van der Waals surface area contributed by atoms with Crippen LogP contribution in [0.3, 0.4) is 0 Å². The fourth-order valence-corrected chi connectivity index (χ4v) is 3.03. The summed E-state index contributed by atoms with van der Waals surface area (Å²) in [5.74, 6) is -0.100. The van der Waals surface area contributed by atoms with Gasteiger partial charge >= 0.3 is 5.97 Å². The molecule has 0 radical (unpaired) electrons. The first-order chi connectivity index (χ1) is 5.73. The van der Waals surface area contributed by atoms with Crippen LogP contribution < -0.4 is 0 Å². The highest BCUT2D eigenvalue weighted by molar-refractivity contribution is 5.67. The molecule has 2 nitrogen and oxygen atoms in total. The summed E-state index contributed by atoms with van der Waals surface area (Å²) in [6, 6.07) is 0. The monoisotopic (exact) mass is 168 g/mol. The van der Waals surface area contributed by atoms with Crippen molar-refractivity contribution in [1.82, 2.24) is 0 Å². The number of aliphatic carboxylic acids is 1. The second kappa shape index (κ2) is 2.75. The van der Waals surface area contributed by atoms with Crippen molar-refractivity contribution in [3.8, 4) is 0 Å². The van der Waals surface area contributed by atoms with Gasteiger partial charge in [-0.2, -0.15) is 0 Å². The minimum absolute atomic E-state index is 0.417. The summed E-state index contributed by atoms with van der Waals surface area (Å²) in [5, 5.41) is 8.73. The molecule has 2 rings (SSSR count). The van der Waals surface area contributed by atoms with Gasteiger partial charge < -0.3 is 5.11 Å². The van der Waals surface area contributed by atoms with Gasteiger partial charge in [-0.05, 0) is 37.0 Å². The van der Waals surface area contributed by atoms with E-state index < -0.39 is 5.97 Å². The van der Waals surface area contributed by atoms with E-state index in [4.69, 9.17) is 5.11 Å². The van der Waals surface area contributed by atoms with Crippen molar-refractivity contribution >= 4 is 5.97 Å². The third-order valence-electron chi connectivity index (χ3n) is 3.86. The third-order valence-corrected chi connectivity index (χ3v) is 3.86. The molecule has 1 N–H and O–H groups in total. The lowest BCUT2D eigenvalue weighted by Crippen LogP contribution is -2.34. The van der Waals surface area contributed by atoms with Crippen molar-refractivity contribution < 1.29 is 9.90 Å². The van der Waals surface area contributed by atoms with Gasteiger partial charge in [0.1, 0.15) is 0 Å². The van der Waals surface area contributed by atoms with Crippen LogP contribution >= 0.6 is 0 Å². The Morgan fingerprint density at radius 2 is 2.00 bits per heavy atom. The topological polar surface area (TPSA) is 37.3 Å². The maximum atomic E-state index is 10.6. The summed E-state index contributed by atoms with van der Waals surface area (Å²) in [7, 11) is 0. The lowest BCUT2D eigenvalue weighted by molar-refractivity contribution is -0.139. The number of hydrogen-bond acceptors (Lipinski definition) is 1. The van der Waals surface area contributed by atoms with E-state index in [1.54, 1.807) is 0 Å². The van der Waals surface area contributed by atoms with Crippen molar-refractivity contribution in [3.05, 3.63) is 0 Å². The zero-order valence-corrected chi connectivity index (χ0v) is 7.38. The summed E-state index contributed by atoms with van der Waals surface area (Å²) in [5.41, 5.74) is 0.485. The molecule has 0 bridgehead atoms. The van der Waals surface area contributed by atoms with Crippen molar-refractivity contribution in [3.63, 3.8) is 0 Å². The van der Waals surface area contributed by atoms with E-state index in [-0.39, 0.29) is 0 Å². The van der Waals surface area contributed by atoms with E-state index in [9.17, 15) is 4.79 Å². The van der Waals surface area contributed by atoms with E-state index >= 15 is 0 Å². The van der Waals surface area contributed by atoms with Crippen LogP contribution in [0.25, 0.3) is 0 Å². The average Bonchev–Trinajstić information content (AvgIpc) is 2.28. The highest BCUT2D eigenvalue weighted by Gasteiger charge is 2.47. The molecule has 1 atom stereocenters. The molecule has 12 heavy (non-hydrogen) atoms. The molecule has 68 valence electrons. The SMILES string of the molecule is O=C(O)CC1CCCC12CCC2. The van der Waals surface area contributed by atoms with Crippen LogP contribution in [-0.2, 0) is 4.79 Å². The predicted molar refractivity (Wildman–Crippen MR) is 45.9 cm³/mol. The quantitative estimate of drug-likeness (QED) is 0.687. The third kappa shape index (κ3) is 1.13. The molecule has 0 aromatic rings. The van der Waals surface area contributed by atoms with Crippen LogP contribution in [-0.4, -0.2) is 11.1 Å². The molecule has 2 saturated carbocycles. The lowest BCUT2D eigenvalue weighted by Gasteiger charge is -2.43. The normalized spacial score (nSPS) is 31.8. The fourth-order valence-electron chi connectivity index (χ4n) is 3.03. The maximum absolute atomic E-state index is 10.6. The average molecular weight is 168 g/mol. The highest BCUT2D eigenvalue weighted by Crippen LogP contribution is 2.57. The van der Waals surface area contributed by atoms with E-state index in [2.05, 4.69) is 0 Å². The van der Waals surface area contributed by atoms with Gasteiger partial charge in [0.05, 0.1) is 0 Å². The minimum atomic E-state index is -0.604. The van der Waals surface area contributed by atoms with Gasteiger partial charge in [-0.3, -0.25) is 4.79 Å². The first kappa shape index (κ1) is 8.09. The van der Waals surface area contributed by atoms with Gasteiger partial charge in [-0.15, -0.1) is 0 Å². The van der Waals surface area contributed by atoms with Crippen LogP contribution in [0.15, 0.2) is 0 Å². The van der Waals surface area contributed by atoms with Gasteiger partial charge in [-0.25, -0.2) is 0 Å². The van der Waals surface area contributed by atoms with Crippen LogP contribution in [0.4, 0.5) is 0 Å². The zero-order chi connectivity index (χ0) is 8.60. The Morgan fingerprint density at radius 1 is 1.33 bits per heavy atom. The Labute approximate surface area is 73.0 Å².